The van der Waals surface area contributed by atoms with Gasteiger partial charge in [-0.2, -0.15) is 0 Å². The van der Waals surface area contributed by atoms with Gasteiger partial charge in [0, 0.05) is 12.5 Å². The Morgan fingerprint density at radius 2 is 2.11 bits per heavy atom. The summed E-state index contributed by atoms with van der Waals surface area (Å²) in [5.41, 5.74) is 3.28. The number of imidazole rings is 1. The van der Waals surface area contributed by atoms with Crippen molar-refractivity contribution in [3.8, 4) is 11.1 Å². The van der Waals surface area contributed by atoms with E-state index >= 15 is 0 Å². The minimum Gasteiger partial charge on any atom is -0.391 e. The standard InChI is InChI=1S/C21H22FN3O2/c22-16-4-1-3-14(9-16)15-6-7-18-20(10-15)25(13-24-18)12-17(26)11-19-21(27)5-2-8-23-19/h1,3-4,6-7,9-10,13,19,21,23,27H,2,5,8,11-12H2/t19-,21+/m1/s1. The molecule has 1 aliphatic rings. The molecule has 5 nitrogen and oxygen atoms in total. The van der Waals surface area contributed by atoms with Crippen LogP contribution in [0.15, 0.2) is 48.8 Å². The second-order valence-electron chi connectivity index (χ2n) is 7.10. The number of ketones is 1. The lowest BCUT2D eigenvalue weighted by Gasteiger charge is -2.28. The molecule has 140 valence electrons. The van der Waals surface area contributed by atoms with E-state index in [-0.39, 0.29) is 24.2 Å². The molecule has 2 heterocycles. The van der Waals surface area contributed by atoms with Crippen molar-refractivity contribution in [3.05, 3.63) is 54.6 Å². The summed E-state index contributed by atoms with van der Waals surface area (Å²) in [5.74, 6) is -0.237. The van der Waals surface area contributed by atoms with Crippen LogP contribution >= 0.6 is 0 Å². The summed E-state index contributed by atoms with van der Waals surface area (Å²) < 4.78 is 15.3. The third kappa shape index (κ3) is 3.91. The molecule has 0 spiro atoms. The number of carbonyl (C=O) groups is 1. The highest BCUT2D eigenvalue weighted by molar-refractivity contribution is 5.85. The van der Waals surface area contributed by atoms with Gasteiger partial charge in [0.2, 0.25) is 0 Å². The molecule has 0 saturated carbocycles. The first kappa shape index (κ1) is 17.8. The smallest absolute Gasteiger partial charge is 0.154 e. The zero-order chi connectivity index (χ0) is 18.8. The van der Waals surface area contributed by atoms with Gasteiger partial charge in [-0.3, -0.25) is 4.79 Å². The molecule has 1 fully saturated rings. The summed E-state index contributed by atoms with van der Waals surface area (Å²) >= 11 is 0. The van der Waals surface area contributed by atoms with Gasteiger partial charge in [0.05, 0.1) is 30.0 Å². The van der Waals surface area contributed by atoms with Gasteiger partial charge in [-0.05, 0) is 54.8 Å². The molecule has 1 aliphatic heterocycles. The first-order chi connectivity index (χ1) is 13.1. The van der Waals surface area contributed by atoms with Crippen molar-refractivity contribution in [1.29, 1.82) is 0 Å². The van der Waals surface area contributed by atoms with E-state index in [1.54, 1.807) is 12.4 Å². The Morgan fingerprint density at radius 3 is 2.93 bits per heavy atom. The maximum absolute atomic E-state index is 13.5. The molecule has 1 saturated heterocycles. The molecule has 2 aromatic carbocycles. The number of nitrogens with zero attached hydrogens (tertiary/aromatic N) is 2. The summed E-state index contributed by atoms with van der Waals surface area (Å²) in [6.45, 7) is 1.04. The summed E-state index contributed by atoms with van der Waals surface area (Å²) in [6.07, 6.45) is 3.14. The molecule has 27 heavy (non-hydrogen) atoms. The zero-order valence-electron chi connectivity index (χ0n) is 14.9. The van der Waals surface area contributed by atoms with Crippen molar-refractivity contribution in [2.45, 2.75) is 38.0 Å². The Bertz CT molecular complexity index is 969. The quantitative estimate of drug-likeness (QED) is 0.728. The summed E-state index contributed by atoms with van der Waals surface area (Å²) in [6, 6.07) is 12.0. The van der Waals surface area contributed by atoms with Gasteiger partial charge in [-0.15, -0.1) is 0 Å². The lowest BCUT2D eigenvalue weighted by Crippen LogP contribution is -2.46. The molecule has 0 radical (unpaired) electrons. The van der Waals surface area contributed by atoms with Crippen molar-refractivity contribution in [2.75, 3.05) is 6.54 Å². The van der Waals surface area contributed by atoms with E-state index in [0.717, 1.165) is 41.5 Å². The van der Waals surface area contributed by atoms with Gasteiger partial charge >= 0.3 is 0 Å². The Hall–Kier alpha value is -2.57. The average molecular weight is 367 g/mol. The van der Waals surface area contributed by atoms with E-state index < -0.39 is 6.10 Å². The first-order valence-electron chi connectivity index (χ1n) is 9.24. The number of halogens is 1. The molecule has 0 amide bonds. The van der Waals surface area contributed by atoms with Gasteiger partial charge in [0.1, 0.15) is 5.82 Å². The normalized spacial score (nSPS) is 20.1. The van der Waals surface area contributed by atoms with E-state index in [2.05, 4.69) is 10.3 Å². The fourth-order valence-electron chi connectivity index (χ4n) is 3.67. The number of carbonyl (C=O) groups excluding carboxylic acids is 1. The zero-order valence-corrected chi connectivity index (χ0v) is 14.9. The number of aliphatic hydroxyl groups is 1. The van der Waals surface area contributed by atoms with Crippen molar-refractivity contribution in [3.63, 3.8) is 0 Å². The Labute approximate surface area is 156 Å². The number of nitrogens with one attached hydrogen (secondary N) is 1. The van der Waals surface area contributed by atoms with Crippen LogP contribution in [0.4, 0.5) is 4.39 Å². The number of piperidine rings is 1. The number of Topliss-reactive ketones (excluding diaryl/α,β-unsaturated/α-hetero) is 1. The lowest BCUT2D eigenvalue weighted by atomic mass is 9.97. The van der Waals surface area contributed by atoms with Crippen LogP contribution in [0.3, 0.4) is 0 Å². The predicted octanol–water partition coefficient (Wildman–Crippen LogP) is 2.91. The van der Waals surface area contributed by atoms with Gasteiger partial charge in [-0.1, -0.05) is 18.2 Å². The van der Waals surface area contributed by atoms with Gasteiger partial charge < -0.3 is 15.0 Å². The van der Waals surface area contributed by atoms with Crippen LogP contribution in [0.5, 0.6) is 0 Å². The van der Waals surface area contributed by atoms with Crippen LogP contribution in [-0.4, -0.2) is 39.1 Å². The second kappa shape index (κ2) is 7.58. The molecule has 2 N–H and O–H groups in total. The number of aliphatic hydroxyl groups excluding tert-OH is 1. The number of hydrogen-bond donors (Lipinski definition) is 2. The van der Waals surface area contributed by atoms with Crippen LogP contribution in [-0.2, 0) is 11.3 Å². The Morgan fingerprint density at radius 1 is 1.26 bits per heavy atom. The highest BCUT2D eigenvalue weighted by Crippen LogP contribution is 2.25. The molecule has 6 heteroatoms. The molecule has 3 aromatic rings. The van der Waals surface area contributed by atoms with E-state index in [4.69, 9.17) is 0 Å². The van der Waals surface area contributed by atoms with Gasteiger partial charge in [0.15, 0.2) is 5.78 Å². The molecule has 4 rings (SSSR count). The predicted molar refractivity (Wildman–Crippen MR) is 102 cm³/mol. The summed E-state index contributed by atoms with van der Waals surface area (Å²) in [5, 5.41) is 13.3. The van der Waals surface area contributed by atoms with E-state index in [0.29, 0.717) is 6.42 Å². The Kier molecular flexibility index (Phi) is 5.01. The van der Waals surface area contributed by atoms with E-state index in [1.807, 2.05) is 28.8 Å². The highest BCUT2D eigenvalue weighted by Gasteiger charge is 2.25. The van der Waals surface area contributed by atoms with Crippen LogP contribution in [0.25, 0.3) is 22.2 Å². The van der Waals surface area contributed by atoms with Crippen LogP contribution in [0.2, 0.25) is 0 Å². The monoisotopic (exact) mass is 367 g/mol. The number of fused-ring (bicyclic) bond motifs is 1. The molecule has 1 aromatic heterocycles. The molecular weight excluding hydrogens is 345 g/mol. The van der Waals surface area contributed by atoms with Gasteiger partial charge in [-0.25, -0.2) is 9.37 Å². The maximum Gasteiger partial charge on any atom is 0.154 e. The van der Waals surface area contributed by atoms with Crippen LogP contribution in [0, 0.1) is 5.82 Å². The average Bonchev–Trinajstić information content (AvgIpc) is 3.06. The number of hydrogen-bond acceptors (Lipinski definition) is 4. The number of rotatable bonds is 5. The highest BCUT2D eigenvalue weighted by atomic mass is 19.1. The van der Waals surface area contributed by atoms with Crippen molar-refractivity contribution < 1.29 is 14.3 Å². The van der Waals surface area contributed by atoms with Crippen molar-refractivity contribution in [1.82, 2.24) is 14.9 Å². The fourth-order valence-corrected chi connectivity index (χ4v) is 3.67. The summed E-state index contributed by atoms with van der Waals surface area (Å²) in [7, 11) is 0. The van der Waals surface area contributed by atoms with Gasteiger partial charge in [0.25, 0.3) is 0 Å². The SMILES string of the molecule is O=C(C[C@H]1NCCC[C@@H]1O)Cn1cnc2ccc(-c3cccc(F)c3)cc21. The largest absolute Gasteiger partial charge is 0.391 e. The van der Waals surface area contributed by atoms with Crippen LogP contribution < -0.4 is 5.32 Å². The lowest BCUT2D eigenvalue weighted by molar-refractivity contribution is -0.121. The molecule has 2 atom stereocenters. The van der Waals surface area contributed by atoms with E-state index in [9.17, 15) is 14.3 Å². The van der Waals surface area contributed by atoms with Crippen LogP contribution in [0.1, 0.15) is 19.3 Å². The second-order valence-corrected chi connectivity index (χ2v) is 7.10. The van der Waals surface area contributed by atoms with Crippen molar-refractivity contribution in [2.24, 2.45) is 0 Å². The minimum atomic E-state index is -0.471. The van der Waals surface area contributed by atoms with Crippen molar-refractivity contribution >= 4 is 16.8 Å². The Balaban J connectivity index is 1.55. The summed E-state index contributed by atoms with van der Waals surface area (Å²) in [4.78, 5) is 16.9. The molecule has 0 aliphatic carbocycles. The third-order valence-corrected chi connectivity index (χ3v) is 5.12. The topological polar surface area (TPSA) is 67.2 Å². The fraction of sp³-hybridized carbons (Fsp3) is 0.333. The maximum atomic E-state index is 13.5. The number of aromatic nitrogens is 2. The first-order valence-corrected chi connectivity index (χ1v) is 9.24. The third-order valence-electron chi connectivity index (χ3n) is 5.12. The van der Waals surface area contributed by atoms with E-state index in [1.165, 1.54) is 12.1 Å². The molecule has 0 unspecified atom stereocenters. The minimum absolute atomic E-state index is 0.0453. The molecule has 0 bridgehead atoms. The molecular formula is C21H22FN3O2. The number of benzene rings is 2.